The summed E-state index contributed by atoms with van der Waals surface area (Å²) in [4.78, 5) is 40.2. The highest BCUT2D eigenvalue weighted by molar-refractivity contribution is 7.89. The van der Waals surface area contributed by atoms with Crippen molar-refractivity contribution >= 4 is 39.2 Å². The number of nitrogens with two attached hydrogens (primary N) is 1. The molecule has 0 radical (unpaired) electrons. The molecule has 4 rings (SSSR count). The van der Waals surface area contributed by atoms with Gasteiger partial charge in [0.05, 0.1) is 10.5 Å². The molecule has 2 N–H and O–H groups in total. The van der Waals surface area contributed by atoms with Crippen LogP contribution in [0.2, 0.25) is 0 Å². The fourth-order valence-corrected chi connectivity index (χ4v) is 5.92. The Bertz CT molecular complexity index is 1490. The molecule has 0 spiro atoms. The minimum atomic E-state index is -3.85. The van der Waals surface area contributed by atoms with Gasteiger partial charge in [-0.15, -0.1) is 22.5 Å². The van der Waals surface area contributed by atoms with Crippen molar-refractivity contribution in [2.45, 2.75) is 37.6 Å². The van der Waals surface area contributed by atoms with Gasteiger partial charge >= 0.3 is 5.97 Å². The smallest absolute Gasteiger partial charge is 0.339 e. The molecule has 1 aliphatic rings. The van der Waals surface area contributed by atoms with Crippen molar-refractivity contribution in [2.24, 2.45) is 5.73 Å². The normalized spacial score (nSPS) is 15.8. The highest BCUT2D eigenvalue weighted by Gasteiger charge is 2.32. The number of benzene rings is 2. The molecule has 2 heterocycles. The van der Waals surface area contributed by atoms with Gasteiger partial charge in [0, 0.05) is 36.1 Å². The maximum atomic E-state index is 13.3. The molecule has 0 unspecified atom stereocenters. The average molecular weight is 553 g/mol. The van der Waals surface area contributed by atoms with Crippen molar-refractivity contribution in [3.05, 3.63) is 85.8 Å². The summed E-state index contributed by atoms with van der Waals surface area (Å²) < 4.78 is 34.3. The van der Waals surface area contributed by atoms with Gasteiger partial charge in [-0.1, -0.05) is 18.2 Å². The van der Waals surface area contributed by atoms with E-state index in [2.05, 4.69) is 4.84 Å². The van der Waals surface area contributed by atoms with Gasteiger partial charge in [0.25, 0.3) is 10.6 Å². The second-order valence-corrected chi connectivity index (χ2v) is 10.3. The van der Waals surface area contributed by atoms with Gasteiger partial charge in [-0.2, -0.15) is 4.31 Å². The lowest BCUT2D eigenvalue weighted by Crippen LogP contribution is -2.32. The van der Waals surface area contributed by atoms with Gasteiger partial charge < -0.3 is 15.3 Å². The maximum absolute atomic E-state index is 13.3. The Labute approximate surface area is 218 Å². The molecule has 0 bridgehead atoms. The van der Waals surface area contributed by atoms with E-state index >= 15 is 0 Å². The first-order valence-electron chi connectivity index (χ1n) is 11.0. The number of nitrogens with zero attached hydrogens (tertiary/aromatic N) is 3. The van der Waals surface area contributed by atoms with Crippen LogP contribution in [-0.4, -0.2) is 47.5 Å². The largest absolute Gasteiger partial charge is 0.440 e. The Kier molecular flexibility index (Phi) is 8.53. The molecule has 37 heavy (non-hydrogen) atoms. The molecule has 0 amide bonds. The molecular weight excluding hydrogens is 528 g/mol. The zero-order valence-electron chi connectivity index (χ0n) is 19.7. The number of carbonyl (C=O) groups is 1. The van der Waals surface area contributed by atoms with Crippen LogP contribution in [0.25, 0.3) is 10.8 Å². The van der Waals surface area contributed by atoms with Gasteiger partial charge in [-0.25, -0.2) is 13.2 Å². The van der Waals surface area contributed by atoms with Crippen LogP contribution in [0.3, 0.4) is 0 Å². The van der Waals surface area contributed by atoms with Crippen molar-refractivity contribution in [2.75, 3.05) is 13.1 Å². The number of carbonyl (C=O) groups excluding carboxylic acids is 1. The lowest BCUT2D eigenvalue weighted by molar-refractivity contribution is -0.763. The second kappa shape index (κ2) is 11.3. The third-order valence-electron chi connectivity index (χ3n) is 5.93. The van der Waals surface area contributed by atoms with Crippen LogP contribution in [0.5, 0.6) is 0 Å². The summed E-state index contributed by atoms with van der Waals surface area (Å²) in [5.74, 6) is -0.705. The molecule has 1 aliphatic heterocycles. The molecule has 12 nitrogen and oxygen atoms in total. The molecule has 1 aromatic heterocycles. The van der Waals surface area contributed by atoms with E-state index in [0.29, 0.717) is 29.5 Å². The van der Waals surface area contributed by atoms with E-state index < -0.39 is 33.4 Å². The minimum Gasteiger partial charge on any atom is -0.440 e. The summed E-state index contributed by atoms with van der Waals surface area (Å²) >= 11 is 0. The number of halogens is 1. The quantitative estimate of drug-likeness (QED) is 0.250. The summed E-state index contributed by atoms with van der Waals surface area (Å²) in [5.41, 5.74) is 6.58. The maximum Gasteiger partial charge on any atom is 0.339 e. The van der Waals surface area contributed by atoms with Crippen LogP contribution in [0.1, 0.15) is 27.9 Å². The Hall–Kier alpha value is -3.52. The van der Waals surface area contributed by atoms with Crippen LogP contribution >= 0.6 is 12.4 Å². The Balaban J connectivity index is 0.00000380. The molecule has 1 fully saturated rings. The zero-order valence-corrected chi connectivity index (χ0v) is 21.4. The van der Waals surface area contributed by atoms with Gasteiger partial charge in [-0.3, -0.25) is 9.36 Å². The fraction of sp³-hybridized carbons (Fsp3) is 0.304. The van der Waals surface area contributed by atoms with Crippen molar-refractivity contribution in [1.29, 1.82) is 0 Å². The highest BCUT2D eigenvalue weighted by Crippen LogP contribution is 2.28. The molecule has 2 aromatic carbocycles. The number of aryl methyl sites for hydroxylation is 1. The van der Waals surface area contributed by atoms with E-state index in [0.717, 1.165) is 0 Å². The average Bonchev–Trinajstić information content (AvgIpc) is 3.31. The first-order chi connectivity index (χ1) is 17.1. The fourth-order valence-electron chi connectivity index (χ4n) is 4.13. The molecule has 1 atom stereocenters. The van der Waals surface area contributed by atoms with Crippen LogP contribution in [0.15, 0.2) is 58.4 Å². The molecular formula is C23H25ClN4O8S. The zero-order chi connectivity index (χ0) is 26.0. The van der Waals surface area contributed by atoms with Gasteiger partial charge in [0.15, 0.2) is 6.73 Å². The molecule has 0 aliphatic carbocycles. The van der Waals surface area contributed by atoms with E-state index in [1.54, 1.807) is 6.92 Å². The van der Waals surface area contributed by atoms with Crippen molar-refractivity contribution in [1.82, 2.24) is 8.87 Å². The van der Waals surface area contributed by atoms with E-state index in [4.69, 9.17) is 10.5 Å². The van der Waals surface area contributed by atoms with E-state index in [1.165, 1.54) is 57.5 Å². The third-order valence-corrected chi connectivity index (χ3v) is 7.84. The predicted molar refractivity (Wildman–Crippen MR) is 135 cm³/mol. The van der Waals surface area contributed by atoms with Gasteiger partial charge in [0.1, 0.15) is 6.61 Å². The van der Waals surface area contributed by atoms with Crippen LogP contribution in [0, 0.1) is 17.0 Å². The van der Waals surface area contributed by atoms with Gasteiger partial charge in [0.2, 0.25) is 10.0 Å². The van der Waals surface area contributed by atoms with Crippen molar-refractivity contribution < 1.29 is 27.9 Å². The first kappa shape index (κ1) is 28.1. The summed E-state index contributed by atoms with van der Waals surface area (Å²) in [6, 6.07) is 10.1. The number of sulfonamides is 1. The lowest BCUT2D eigenvalue weighted by atomic mass is 10.1. The molecule has 3 aromatic rings. The van der Waals surface area contributed by atoms with E-state index in [-0.39, 0.29) is 47.4 Å². The van der Waals surface area contributed by atoms with Crippen molar-refractivity contribution in [3.8, 4) is 0 Å². The monoisotopic (exact) mass is 552 g/mol. The Morgan fingerprint density at radius 2 is 1.92 bits per heavy atom. The number of fused-ring (bicyclic) bond motifs is 1. The number of esters is 1. The van der Waals surface area contributed by atoms with E-state index in [1.807, 2.05) is 0 Å². The molecule has 0 saturated carbocycles. The molecule has 198 valence electrons. The Morgan fingerprint density at radius 3 is 2.54 bits per heavy atom. The minimum absolute atomic E-state index is 0. The van der Waals surface area contributed by atoms with E-state index in [9.17, 15) is 28.1 Å². The first-order valence-corrected chi connectivity index (χ1v) is 12.4. The molecule has 1 saturated heterocycles. The number of aromatic nitrogens is 1. The standard InChI is InChI=1S/C23H24N4O8S.ClH/c1-15-11-25(14-34-23(29)17-7-5-16(6-8-17)13-35-27(30)31)22(28)19-3-2-4-20(21(15)19)36(32,33)26-10-9-18(24)12-26;/h2-8,11,18H,9-10,12-14,24H2,1H3;1H/t18-;/m0./s1. The van der Waals surface area contributed by atoms with Gasteiger partial charge in [-0.05, 0) is 48.7 Å². The van der Waals surface area contributed by atoms with Crippen LogP contribution in [0.4, 0.5) is 0 Å². The predicted octanol–water partition coefficient (Wildman–Crippen LogP) is 1.98. The number of ether oxygens (including phenoxy) is 1. The number of pyridine rings is 1. The lowest BCUT2D eigenvalue weighted by Gasteiger charge is -2.19. The summed E-state index contributed by atoms with van der Waals surface area (Å²) in [6.07, 6.45) is 2.02. The second-order valence-electron chi connectivity index (χ2n) is 8.43. The Morgan fingerprint density at radius 1 is 1.22 bits per heavy atom. The summed E-state index contributed by atoms with van der Waals surface area (Å²) in [7, 11) is -3.85. The summed E-state index contributed by atoms with van der Waals surface area (Å²) in [6.45, 7) is 1.57. The summed E-state index contributed by atoms with van der Waals surface area (Å²) in [5, 5.41) is 9.88. The van der Waals surface area contributed by atoms with Crippen LogP contribution < -0.4 is 11.3 Å². The number of rotatable bonds is 8. The topological polar surface area (TPSA) is 164 Å². The molecule has 14 heteroatoms. The SMILES string of the molecule is Cc1cn(COC(=O)c2ccc(CO[N+](=O)[O-])cc2)c(=O)c2cccc(S(=O)(=O)N3CC[C@H](N)C3)c12.Cl. The van der Waals surface area contributed by atoms with Crippen molar-refractivity contribution in [3.63, 3.8) is 0 Å². The van der Waals surface area contributed by atoms with Crippen LogP contribution in [-0.2, 0) is 32.9 Å². The third kappa shape index (κ3) is 5.91. The number of hydrogen-bond donors (Lipinski definition) is 1. The highest BCUT2D eigenvalue weighted by atomic mass is 35.5. The number of hydrogen-bond acceptors (Lipinski definition) is 9.